The number of aromatic nitrogens is 1. The maximum atomic E-state index is 5.66. The fourth-order valence-corrected chi connectivity index (χ4v) is 4.00. The number of nitrogens with two attached hydrogens (primary N) is 1. The van der Waals surface area contributed by atoms with Crippen molar-refractivity contribution in [2.75, 3.05) is 12.0 Å². The number of anilines is 1. The summed E-state index contributed by atoms with van der Waals surface area (Å²) in [6, 6.07) is 13.0. The van der Waals surface area contributed by atoms with E-state index in [2.05, 4.69) is 98.2 Å². The molecule has 4 N–H and O–H groups in total. The second kappa shape index (κ2) is 9.96. The third-order valence-electron chi connectivity index (χ3n) is 6.01. The highest BCUT2D eigenvalue weighted by Crippen LogP contribution is 2.30. The molecule has 0 unspecified atom stereocenters. The fourth-order valence-electron chi connectivity index (χ4n) is 4.00. The number of allylic oxidation sites excluding steroid dienone is 4. The normalized spacial score (nSPS) is 17.1. The van der Waals surface area contributed by atoms with E-state index in [4.69, 9.17) is 9.72 Å². The average Bonchev–Trinajstić information content (AvgIpc) is 3.04. The molecule has 0 bridgehead atoms. The van der Waals surface area contributed by atoms with Crippen LogP contribution >= 0.6 is 0 Å². The molecule has 1 atom stereocenters. The summed E-state index contributed by atoms with van der Waals surface area (Å²) in [5.41, 5.74) is 13.2. The van der Waals surface area contributed by atoms with Crippen LogP contribution < -0.4 is 25.8 Å². The average molecular weight is 445 g/mol. The Morgan fingerprint density at radius 2 is 1.91 bits per heavy atom. The largest absolute Gasteiger partial charge is 0.479 e. The standard InChI is InChI=1S/C27H33N5O/c1-18-9-11-22(12-10-18)21(4)28-26-20(3)16-24(30-31-26)23-13-14-25(27(29-23)33-5)32-15-7-6-8-19(2)17-32/h7,9-17,21,28,30-31H,6,8H2,1-5H3/p+1/t21-/m0/s1. The predicted molar refractivity (Wildman–Crippen MR) is 134 cm³/mol. The number of pyridine rings is 1. The highest BCUT2D eigenvalue weighted by Gasteiger charge is 2.20. The van der Waals surface area contributed by atoms with E-state index in [1.165, 1.54) is 16.7 Å². The Bertz CT molecular complexity index is 1130. The summed E-state index contributed by atoms with van der Waals surface area (Å²) in [4.78, 5) is 6.90. The van der Waals surface area contributed by atoms with Gasteiger partial charge in [-0.05, 0) is 58.2 Å². The van der Waals surface area contributed by atoms with Crippen LogP contribution in [0.1, 0.15) is 56.5 Å². The van der Waals surface area contributed by atoms with Crippen LogP contribution in [-0.2, 0) is 0 Å². The van der Waals surface area contributed by atoms with Crippen LogP contribution in [0.2, 0.25) is 0 Å². The molecule has 0 amide bonds. The van der Waals surface area contributed by atoms with Gasteiger partial charge in [0.05, 0.1) is 13.2 Å². The number of quaternary nitrogens is 1. The highest BCUT2D eigenvalue weighted by molar-refractivity contribution is 5.66. The van der Waals surface area contributed by atoms with Gasteiger partial charge < -0.3 is 15.0 Å². The zero-order valence-corrected chi connectivity index (χ0v) is 20.1. The van der Waals surface area contributed by atoms with Gasteiger partial charge in [0, 0.05) is 24.0 Å². The Balaban J connectivity index is 1.55. The summed E-state index contributed by atoms with van der Waals surface area (Å²) < 4.78 is 5.66. The summed E-state index contributed by atoms with van der Waals surface area (Å²) in [7, 11) is 1.67. The number of benzene rings is 1. The SMILES string of the molecule is COc1nc(C2=CC(C)=C(N[C@@H](C)c3ccc(C)cc3)N[NH2+]2)ccc1N1C=CCCC(C)=C1. The van der Waals surface area contributed by atoms with Crippen molar-refractivity contribution in [1.82, 2.24) is 15.7 Å². The van der Waals surface area contributed by atoms with Crippen LogP contribution in [0.15, 0.2) is 77.9 Å². The minimum absolute atomic E-state index is 0.196. The second-order valence-corrected chi connectivity index (χ2v) is 8.75. The zero-order chi connectivity index (χ0) is 23.4. The van der Waals surface area contributed by atoms with Gasteiger partial charge in [0.1, 0.15) is 11.4 Å². The van der Waals surface area contributed by atoms with Crippen LogP contribution in [-0.4, -0.2) is 12.1 Å². The van der Waals surface area contributed by atoms with Crippen molar-refractivity contribution in [1.29, 1.82) is 0 Å². The monoisotopic (exact) mass is 444 g/mol. The van der Waals surface area contributed by atoms with E-state index < -0.39 is 0 Å². The summed E-state index contributed by atoms with van der Waals surface area (Å²) in [5, 5.41) is 3.59. The lowest BCUT2D eigenvalue weighted by atomic mass is 10.1. The summed E-state index contributed by atoms with van der Waals surface area (Å²) in [6.45, 7) is 8.54. The zero-order valence-electron chi connectivity index (χ0n) is 20.1. The lowest BCUT2D eigenvalue weighted by Crippen LogP contribution is -2.91. The van der Waals surface area contributed by atoms with Crippen LogP contribution in [0.25, 0.3) is 5.70 Å². The predicted octanol–water partition coefficient (Wildman–Crippen LogP) is 4.42. The first kappa shape index (κ1) is 22.7. The molecule has 172 valence electrons. The number of methoxy groups -OCH3 is 1. The van der Waals surface area contributed by atoms with Crippen molar-refractivity contribution < 1.29 is 10.2 Å². The molecule has 0 saturated heterocycles. The molecule has 6 heteroatoms. The first-order chi connectivity index (χ1) is 15.9. The Morgan fingerprint density at radius 1 is 1.12 bits per heavy atom. The Kier molecular flexibility index (Phi) is 6.84. The van der Waals surface area contributed by atoms with Gasteiger partial charge in [-0.3, -0.25) is 0 Å². The van der Waals surface area contributed by atoms with E-state index in [-0.39, 0.29) is 6.04 Å². The molecule has 3 heterocycles. The molecule has 0 fully saturated rings. The Labute approximate surface area is 196 Å². The molecule has 33 heavy (non-hydrogen) atoms. The minimum Gasteiger partial charge on any atom is -0.479 e. The number of hydrogen-bond donors (Lipinski definition) is 3. The van der Waals surface area contributed by atoms with Crippen molar-refractivity contribution in [3.8, 4) is 5.88 Å². The third kappa shape index (κ3) is 5.29. The van der Waals surface area contributed by atoms with E-state index >= 15 is 0 Å². The molecular weight excluding hydrogens is 410 g/mol. The highest BCUT2D eigenvalue weighted by atomic mass is 16.5. The molecular formula is C27H34N5O+. The molecule has 0 saturated carbocycles. The topological polar surface area (TPSA) is 66.0 Å². The van der Waals surface area contributed by atoms with Crippen molar-refractivity contribution in [3.05, 3.63) is 94.7 Å². The van der Waals surface area contributed by atoms with Gasteiger partial charge >= 0.3 is 0 Å². The van der Waals surface area contributed by atoms with E-state index in [0.717, 1.165) is 41.3 Å². The Morgan fingerprint density at radius 3 is 2.64 bits per heavy atom. The third-order valence-corrected chi connectivity index (χ3v) is 6.01. The van der Waals surface area contributed by atoms with Crippen LogP contribution in [0, 0.1) is 6.92 Å². The van der Waals surface area contributed by atoms with E-state index in [1.807, 2.05) is 11.5 Å². The number of nitrogens with zero attached hydrogens (tertiary/aromatic N) is 2. The van der Waals surface area contributed by atoms with Crippen LogP contribution in [0.3, 0.4) is 0 Å². The molecule has 6 nitrogen and oxygen atoms in total. The maximum absolute atomic E-state index is 5.66. The molecule has 1 aromatic heterocycles. The molecule has 1 aromatic carbocycles. The number of hydrogen-bond acceptors (Lipinski definition) is 5. The van der Waals surface area contributed by atoms with Crippen molar-refractivity contribution in [3.63, 3.8) is 0 Å². The van der Waals surface area contributed by atoms with Crippen LogP contribution in [0.4, 0.5) is 5.69 Å². The van der Waals surface area contributed by atoms with Crippen molar-refractivity contribution in [2.24, 2.45) is 0 Å². The second-order valence-electron chi connectivity index (χ2n) is 8.75. The quantitative estimate of drug-likeness (QED) is 0.576. The number of ether oxygens (including phenoxy) is 1. The molecule has 2 aliphatic rings. The summed E-state index contributed by atoms with van der Waals surface area (Å²) in [5.74, 6) is 1.61. The number of aryl methyl sites for hydroxylation is 1. The number of rotatable bonds is 6. The molecule has 4 rings (SSSR count). The minimum atomic E-state index is 0.196. The smallest absolute Gasteiger partial charge is 0.238 e. The maximum Gasteiger partial charge on any atom is 0.238 e. The van der Waals surface area contributed by atoms with E-state index in [1.54, 1.807) is 7.11 Å². The van der Waals surface area contributed by atoms with Gasteiger partial charge in [-0.15, -0.1) is 0 Å². The first-order valence-corrected chi connectivity index (χ1v) is 11.5. The summed E-state index contributed by atoms with van der Waals surface area (Å²) in [6.07, 6.45) is 10.7. The van der Waals surface area contributed by atoms with E-state index in [9.17, 15) is 0 Å². The summed E-state index contributed by atoms with van der Waals surface area (Å²) >= 11 is 0. The lowest BCUT2D eigenvalue weighted by molar-refractivity contribution is -0.620. The van der Waals surface area contributed by atoms with Crippen molar-refractivity contribution >= 4 is 11.4 Å². The number of nitrogens with one attached hydrogen (secondary N) is 2. The first-order valence-electron chi connectivity index (χ1n) is 11.5. The van der Waals surface area contributed by atoms with Gasteiger partial charge in [0.25, 0.3) is 0 Å². The lowest BCUT2D eigenvalue weighted by Gasteiger charge is -2.23. The molecule has 2 aliphatic heterocycles. The van der Waals surface area contributed by atoms with Crippen LogP contribution in [0.5, 0.6) is 5.88 Å². The van der Waals surface area contributed by atoms with Gasteiger partial charge in [-0.1, -0.05) is 41.5 Å². The van der Waals surface area contributed by atoms with Gasteiger partial charge in [0.15, 0.2) is 11.5 Å². The van der Waals surface area contributed by atoms with Gasteiger partial charge in [0.2, 0.25) is 5.88 Å². The Hall–Kier alpha value is -3.51. The van der Waals surface area contributed by atoms with Gasteiger partial charge in [-0.2, -0.15) is 0 Å². The molecule has 2 aromatic rings. The molecule has 0 radical (unpaired) electrons. The van der Waals surface area contributed by atoms with Gasteiger partial charge in [-0.25, -0.2) is 15.8 Å². The fraction of sp³-hybridized carbons (Fsp3) is 0.296. The van der Waals surface area contributed by atoms with E-state index in [0.29, 0.717) is 5.88 Å². The molecule has 0 spiro atoms. The molecule has 0 aliphatic carbocycles. The van der Waals surface area contributed by atoms with Crippen molar-refractivity contribution in [2.45, 2.75) is 46.6 Å².